The molecule has 3 rings (SSSR count). The fourth-order valence-corrected chi connectivity index (χ4v) is 2.71. The number of pyridine rings is 2. The Kier molecular flexibility index (Phi) is 4.65. The summed E-state index contributed by atoms with van der Waals surface area (Å²) in [5.41, 5.74) is 3.70. The second kappa shape index (κ2) is 6.85. The zero-order valence-electron chi connectivity index (χ0n) is 11.9. The van der Waals surface area contributed by atoms with Crippen molar-refractivity contribution >= 4 is 32.7 Å². The molecule has 0 aliphatic heterocycles. The lowest BCUT2D eigenvalue weighted by Crippen LogP contribution is -2.16. The van der Waals surface area contributed by atoms with E-state index < -0.39 is 0 Å². The Morgan fingerprint density at radius 2 is 1.95 bits per heavy atom. The quantitative estimate of drug-likeness (QED) is 0.732. The van der Waals surface area contributed by atoms with Crippen molar-refractivity contribution in [3.63, 3.8) is 0 Å². The molecule has 2 heterocycles. The number of rotatable bonds is 5. The maximum Gasteiger partial charge on any atom is 0.112 e. The van der Waals surface area contributed by atoms with Crippen molar-refractivity contribution in [3.8, 4) is 0 Å². The summed E-state index contributed by atoms with van der Waals surface area (Å²) in [5.74, 6) is 0.0415. The average molecular weight is 358 g/mol. The van der Waals surface area contributed by atoms with Gasteiger partial charge in [-0.3, -0.25) is 9.97 Å². The zero-order chi connectivity index (χ0) is 15.4. The predicted molar refractivity (Wildman–Crippen MR) is 92.0 cm³/mol. The minimum Gasteiger partial charge on any atom is -0.396 e. The second-order valence-corrected chi connectivity index (χ2v) is 5.97. The maximum atomic E-state index is 9.63. The zero-order valence-corrected chi connectivity index (χ0v) is 13.5. The van der Waals surface area contributed by atoms with Crippen LogP contribution in [0.5, 0.6) is 0 Å². The van der Waals surface area contributed by atoms with Crippen molar-refractivity contribution in [2.24, 2.45) is 0 Å². The smallest absolute Gasteiger partial charge is 0.112 e. The van der Waals surface area contributed by atoms with Crippen molar-refractivity contribution in [1.29, 1.82) is 0 Å². The summed E-state index contributed by atoms with van der Waals surface area (Å²) in [7, 11) is 0. The molecule has 0 fully saturated rings. The normalized spacial score (nSPS) is 12.3. The molecular weight excluding hydrogens is 342 g/mol. The van der Waals surface area contributed by atoms with Gasteiger partial charge in [-0.25, -0.2) is 0 Å². The van der Waals surface area contributed by atoms with E-state index in [9.17, 15) is 5.11 Å². The van der Waals surface area contributed by atoms with E-state index >= 15 is 0 Å². The average Bonchev–Trinajstić information content (AvgIpc) is 2.56. The molecule has 0 saturated heterocycles. The molecule has 5 heteroatoms. The van der Waals surface area contributed by atoms with Crippen LogP contribution >= 0.6 is 15.9 Å². The van der Waals surface area contributed by atoms with E-state index in [1.54, 1.807) is 12.4 Å². The third-order valence-electron chi connectivity index (χ3n) is 3.57. The van der Waals surface area contributed by atoms with Crippen LogP contribution < -0.4 is 5.32 Å². The number of nitrogens with zero attached hydrogens (tertiary/aromatic N) is 2. The molecule has 0 amide bonds. The second-order valence-electron chi connectivity index (χ2n) is 5.05. The van der Waals surface area contributed by atoms with E-state index in [1.165, 1.54) is 0 Å². The summed E-state index contributed by atoms with van der Waals surface area (Å²) < 4.78 is 0.905. The highest BCUT2D eigenvalue weighted by Crippen LogP contribution is 2.23. The van der Waals surface area contributed by atoms with E-state index in [4.69, 9.17) is 0 Å². The summed E-state index contributed by atoms with van der Waals surface area (Å²) in [4.78, 5) is 8.75. The first-order chi connectivity index (χ1) is 10.8. The lowest BCUT2D eigenvalue weighted by atomic mass is 10.00. The van der Waals surface area contributed by atoms with Crippen LogP contribution in [0.4, 0.5) is 5.69 Å². The molecule has 0 saturated carbocycles. The van der Waals surface area contributed by atoms with Gasteiger partial charge in [0.1, 0.15) is 5.52 Å². The van der Waals surface area contributed by atoms with Crippen LogP contribution in [-0.2, 0) is 0 Å². The Morgan fingerprint density at radius 1 is 1.14 bits per heavy atom. The van der Waals surface area contributed by atoms with Gasteiger partial charge in [0.05, 0.1) is 17.8 Å². The van der Waals surface area contributed by atoms with Crippen molar-refractivity contribution in [2.75, 3.05) is 18.5 Å². The van der Waals surface area contributed by atoms with Gasteiger partial charge in [0.2, 0.25) is 0 Å². The maximum absolute atomic E-state index is 9.63. The molecule has 0 bridgehead atoms. The SMILES string of the molecule is OCC(CNc1ccnc2cc(Br)cnc12)c1ccccc1. The first-order valence-electron chi connectivity index (χ1n) is 7.08. The van der Waals surface area contributed by atoms with Gasteiger partial charge in [-0.15, -0.1) is 0 Å². The van der Waals surface area contributed by atoms with E-state index in [2.05, 4.69) is 31.2 Å². The van der Waals surface area contributed by atoms with Crippen LogP contribution in [0.15, 0.2) is 59.3 Å². The lowest BCUT2D eigenvalue weighted by Gasteiger charge is -2.17. The molecule has 4 nitrogen and oxygen atoms in total. The molecule has 2 N–H and O–H groups in total. The standard InChI is InChI=1S/C17H16BrN3O/c18-14-8-16-17(21-10-14)15(6-7-19-16)20-9-13(11-22)12-4-2-1-3-5-12/h1-8,10,13,22H,9,11H2,(H,19,20). The van der Waals surface area contributed by atoms with Crippen molar-refractivity contribution in [3.05, 3.63) is 64.9 Å². The van der Waals surface area contributed by atoms with Crippen LogP contribution in [0.25, 0.3) is 11.0 Å². The van der Waals surface area contributed by atoms with Gasteiger partial charge in [0.25, 0.3) is 0 Å². The molecule has 0 aliphatic rings. The molecular formula is C17H16BrN3O. The highest BCUT2D eigenvalue weighted by Gasteiger charge is 2.11. The van der Waals surface area contributed by atoms with Crippen LogP contribution in [0.3, 0.4) is 0 Å². The molecule has 22 heavy (non-hydrogen) atoms. The summed E-state index contributed by atoms with van der Waals surface area (Å²) in [6.07, 6.45) is 3.52. The number of halogens is 1. The number of anilines is 1. The summed E-state index contributed by atoms with van der Waals surface area (Å²) in [5, 5.41) is 13.0. The van der Waals surface area contributed by atoms with Gasteiger partial charge in [0.15, 0.2) is 0 Å². The molecule has 1 unspecified atom stereocenters. The molecule has 1 atom stereocenters. The van der Waals surface area contributed by atoms with E-state index in [-0.39, 0.29) is 12.5 Å². The van der Waals surface area contributed by atoms with E-state index in [0.717, 1.165) is 26.8 Å². The minimum atomic E-state index is 0.0415. The number of benzene rings is 1. The number of aromatic nitrogens is 2. The third kappa shape index (κ3) is 3.26. The molecule has 0 aliphatic carbocycles. The minimum absolute atomic E-state index is 0.0415. The number of aliphatic hydroxyl groups is 1. The number of fused-ring (bicyclic) bond motifs is 1. The highest BCUT2D eigenvalue weighted by molar-refractivity contribution is 9.10. The molecule has 0 spiro atoms. The highest BCUT2D eigenvalue weighted by atomic mass is 79.9. The summed E-state index contributed by atoms with van der Waals surface area (Å²) in [6, 6.07) is 13.9. The van der Waals surface area contributed by atoms with E-state index in [1.807, 2.05) is 42.5 Å². The molecule has 112 valence electrons. The fraction of sp³-hybridized carbons (Fsp3) is 0.176. The first kappa shape index (κ1) is 14.9. The summed E-state index contributed by atoms with van der Waals surface area (Å²) in [6.45, 7) is 0.733. The van der Waals surface area contributed by atoms with Crippen molar-refractivity contribution < 1.29 is 5.11 Å². The van der Waals surface area contributed by atoms with Gasteiger partial charge >= 0.3 is 0 Å². The Labute approximate surface area is 137 Å². The molecule has 2 aromatic heterocycles. The Bertz CT molecular complexity index is 764. The van der Waals surface area contributed by atoms with Crippen molar-refractivity contribution in [1.82, 2.24) is 9.97 Å². The molecule has 3 aromatic rings. The van der Waals surface area contributed by atoms with Gasteiger partial charge in [-0.2, -0.15) is 0 Å². The number of aliphatic hydroxyl groups excluding tert-OH is 1. The Hall–Kier alpha value is -1.98. The molecule has 0 radical (unpaired) electrons. The Morgan fingerprint density at radius 3 is 2.73 bits per heavy atom. The number of hydrogen-bond donors (Lipinski definition) is 2. The van der Waals surface area contributed by atoms with Gasteiger partial charge in [0, 0.05) is 29.3 Å². The largest absolute Gasteiger partial charge is 0.396 e. The summed E-state index contributed by atoms with van der Waals surface area (Å²) >= 11 is 3.40. The van der Waals surface area contributed by atoms with Crippen molar-refractivity contribution in [2.45, 2.75) is 5.92 Å². The van der Waals surface area contributed by atoms with E-state index in [0.29, 0.717) is 6.54 Å². The lowest BCUT2D eigenvalue weighted by molar-refractivity contribution is 0.270. The third-order valence-corrected chi connectivity index (χ3v) is 4.01. The monoisotopic (exact) mass is 357 g/mol. The fourth-order valence-electron chi connectivity index (χ4n) is 2.39. The number of hydrogen-bond acceptors (Lipinski definition) is 4. The first-order valence-corrected chi connectivity index (χ1v) is 7.87. The van der Waals surface area contributed by atoms with Gasteiger partial charge in [-0.05, 0) is 33.6 Å². The van der Waals surface area contributed by atoms with Crippen LogP contribution in [0.1, 0.15) is 11.5 Å². The topological polar surface area (TPSA) is 58.0 Å². The number of nitrogens with one attached hydrogen (secondary N) is 1. The van der Waals surface area contributed by atoms with Crippen LogP contribution in [-0.4, -0.2) is 28.2 Å². The van der Waals surface area contributed by atoms with Crippen LogP contribution in [0.2, 0.25) is 0 Å². The Balaban J connectivity index is 1.81. The van der Waals surface area contributed by atoms with Gasteiger partial charge in [-0.1, -0.05) is 30.3 Å². The van der Waals surface area contributed by atoms with Gasteiger partial charge < -0.3 is 10.4 Å². The predicted octanol–water partition coefficient (Wildman–Crippen LogP) is 3.58. The van der Waals surface area contributed by atoms with Crippen LogP contribution in [0, 0.1) is 0 Å². The molecule has 1 aromatic carbocycles.